The van der Waals surface area contributed by atoms with Crippen molar-refractivity contribution in [3.05, 3.63) is 64.7 Å². The van der Waals surface area contributed by atoms with Crippen LogP contribution in [0, 0.1) is 0 Å². The molecule has 24 heavy (non-hydrogen) atoms. The van der Waals surface area contributed by atoms with Crippen LogP contribution in [0.2, 0.25) is 0 Å². The van der Waals surface area contributed by atoms with E-state index in [9.17, 15) is 9.90 Å². The average Bonchev–Trinajstić information content (AvgIpc) is 3.06. The Morgan fingerprint density at radius 3 is 2.67 bits per heavy atom. The molecule has 2 heterocycles. The van der Waals surface area contributed by atoms with Gasteiger partial charge in [-0.2, -0.15) is 0 Å². The van der Waals surface area contributed by atoms with Crippen molar-refractivity contribution in [1.82, 2.24) is 4.57 Å². The fourth-order valence-electron chi connectivity index (χ4n) is 3.38. The lowest BCUT2D eigenvalue weighted by molar-refractivity contribution is -0.112. The molecule has 0 spiro atoms. The second-order valence-electron chi connectivity index (χ2n) is 6.03. The Morgan fingerprint density at radius 1 is 1.08 bits per heavy atom. The summed E-state index contributed by atoms with van der Waals surface area (Å²) in [6.45, 7) is 2.84. The number of hydrogen-bond donors (Lipinski definition) is 1. The standard InChI is InChI=1S/C20H18N2O2/c1-2-3-12-22-16-11-7-5-9-14(16)18(20(22)24)17-13-8-4-6-10-15(13)21-19(17)23/h4-11,24H,2-3,12H2,1H3. The van der Waals surface area contributed by atoms with E-state index < -0.39 is 0 Å². The van der Waals surface area contributed by atoms with E-state index in [0.29, 0.717) is 16.5 Å². The Morgan fingerprint density at radius 2 is 1.83 bits per heavy atom. The van der Waals surface area contributed by atoms with Crippen LogP contribution in [0.3, 0.4) is 0 Å². The second-order valence-corrected chi connectivity index (χ2v) is 6.03. The van der Waals surface area contributed by atoms with Crippen LogP contribution >= 0.6 is 0 Å². The van der Waals surface area contributed by atoms with E-state index in [4.69, 9.17) is 0 Å². The van der Waals surface area contributed by atoms with E-state index in [1.54, 1.807) is 0 Å². The highest BCUT2D eigenvalue weighted by molar-refractivity contribution is 6.24. The van der Waals surface area contributed by atoms with Gasteiger partial charge in [0.15, 0.2) is 5.88 Å². The summed E-state index contributed by atoms with van der Waals surface area (Å²) >= 11 is 0. The topological polar surface area (TPSA) is 54.6 Å². The van der Waals surface area contributed by atoms with Crippen LogP contribution in [-0.4, -0.2) is 15.6 Å². The molecule has 0 radical (unpaired) electrons. The lowest BCUT2D eigenvalue weighted by Crippen LogP contribution is -2.22. The minimum absolute atomic E-state index is 0.153. The highest BCUT2D eigenvalue weighted by Crippen LogP contribution is 2.36. The normalized spacial score (nSPS) is 13.4. The van der Waals surface area contributed by atoms with E-state index >= 15 is 0 Å². The number of amides is 1. The molecule has 4 nitrogen and oxygen atoms in total. The zero-order valence-electron chi connectivity index (χ0n) is 13.5. The third-order valence-electron chi connectivity index (χ3n) is 4.54. The number of aromatic nitrogens is 1. The predicted molar refractivity (Wildman–Crippen MR) is 93.3 cm³/mol. The molecule has 4 rings (SSSR count). The predicted octanol–water partition coefficient (Wildman–Crippen LogP) is 2.51. The fourth-order valence-corrected chi connectivity index (χ4v) is 3.38. The first-order valence-electron chi connectivity index (χ1n) is 8.25. The van der Waals surface area contributed by atoms with Crippen LogP contribution in [0.1, 0.15) is 25.3 Å². The summed E-state index contributed by atoms with van der Waals surface area (Å²) < 4.78 is 1.90. The molecule has 4 heteroatoms. The number of hydrogen-bond acceptors (Lipinski definition) is 2. The summed E-state index contributed by atoms with van der Waals surface area (Å²) in [5.74, 6) is -0.134. The van der Waals surface area contributed by atoms with Gasteiger partial charge in [-0.05, 0) is 18.6 Å². The molecule has 1 aliphatic rings. The summed E-state index contributed by atoms with van der Waals surface area (Å²) in [6.07, 6.45) is 2.00. The summed E-state index contributed by atoms with van der Waals surface area (Å²) in [5, 5.41) is 13.2. The summed E-state index contributed by atoms with van der Waals surface area (Å²) in [7, 11) is 0. The molecular weight excluding hydrogens is 300 g/mol. The highest BCUT2D eigenvalue weighted by Gasteiger charge is 2.26. The molecule has 0 aliphatic carbocycles. The van der Waals surface area contributed by atoms with Gasteiger partial charge in [0.2, 0.25) is 0 Å². The van der Waals surface area contributed by atoms with Crippen LogP contribution in [-0.2, 0) is 11.3 Å². The van der Waals surface area contributed by atoms with Crippen LogP contribution < -0.4 is 10.6 Å². The third-order valence-corrected chi connectivity index (χ3v) is 4.54. The van der Waals surface area contributed by atoms with Crippen LogP contribution in [0.15, 0.2) is 53.5 Å². The lowest BCUT2D eigenvalue weighted by Gasteiger charge is -2.06. The number of rotatable bonds is 4. The molecule has 0 saturated carbocycles. The van der Waals surface area contributed by atoms with E-state index in [1.165, 1.54) is 0 Å². The maximum atomic E-state index is 12.5. The third kappa shape index (κ3) is 2.07. The van der Waals surface area contributed by atoms with Gasteiger partial charge in [0, 0.05) is 17.1 Å². The zero-order valence-corrected chi connectivity index (χ0v) is 13.5. The fraction of sp³-hybridized carbons (Fsp3) is 0.200. The number of para-hydroxylation sites is 2. The molecule has 0 bridgehead atoms. The average molecular weight is 318 g/mol. The number of benzene rings is 2. The van der Waals surface area contributed by atoms with Gasteiger partial charge >= 0.3 is 0 Å². The van der Waals surface area contributed by atoms with E-state index in [1.807, 2.05) is 53.1 Å². The molecule has 0 atom stereocenters. The van der Waals surface area contributed by atoms with E-state index in [2.05, 4.69) is 11.9 Å². The van der Waals surface area contributed by atoms with Gasteiger partial charge < -0.3 is 9.67 Å². The van der Waals surface area contributed by atoms with E-state index in [-0.39, 0.29) is 11.8 Å². The number of fused-ring (bicyclic) bond motifs is 2. The van der Waals surface area contributed by atoms with Gasteiger partial charge in [0.25, 0.3) is 5.91 Å². The van der Waals surface area contributed by atoms with Crippen molar-refractivity contribution < 1.29 is 9.90 Å². The van der Waals surface area contributed by atoms with Gasteiger partial charge in [-0.15, -0.1) is 0 Å². The Bertz CT molecular complexity index is 1080. The Balaban J connectivity index is 2.08. The van der Waals surface area contributed by atoms with Gasteiger partial charge in [-0.25, -0.2) is 4.99 Å². The molecule has 1 aromatic heterocycles. The first-order valence-corrected chi connectivity index (χ1v) is 8.25. The second kappa shape index (κ2) is 5.64. The molecule has 1 amide bonds. The van der Waals surface area contributed by atoms with Crippen LogP contribution in [0.5, 0.6) is 5.88 Å². The smallest absolute Gasteiger partial charge is 0.279 e. The molecule has 3 aromatic rings. The molecule has 120 valence electrons. The molecule has 0 fully saturated rings. The number of aromatic hydroxyl groups is 1. The first-order chi connectivity index (χ1) is 11.7. The quantitative estimate of drug-likeness (QED) is 0.803. The van der Waals surface area contributed by atoms with Gasteiger partial charge in [0.05, 0.1) is 22.0 Å². The molecule has 0 unspecified atom stereocenters. The van der Waals surface area contributed by atoms with E-state index in [0.717, 1.165) is 35.5 Å². The molecular formula is C20H18N2O2. The minimum atomic E-state index is -0.287. The molecule has 0 saturated heterocycles. The number of carbonyl (C=O) groups excluding carboxylic acids is 1. The largest absolute Gasteiger partial charge is 0.494 e. The van der Waals surface area contributed by atoms with Crippen LogP contribution in [0.25, 0.3) is 16.5 Å². The zero-order chi connectivity index (χ0) is 16.7. The van der Waals surface area contributed by atoms with Crippen molar-refractivity contribution in [1.29, 1.82) is 0 Å². The first kappa shape index (κ1) is 14.7. The van der Waals surface area contributed by atoms with Crippen molar-refractivity contribution in [3.8, 4) is 5.88 Å². The summed E-state index contributed by atoms with van der Waals surface area (Å²) in [6, 6.07) is 15.3. The van der Waals surface area contributed by atoms with Crippen molar-refractivity contribution >= 4 is 22.4 Å². The molecule has 2 aromatic carbocycles. The highest BCUT2D eigenvalue weighted by atomic mass is 16.3. The Hall–Kier alpha value is -2.88. The van der Waals surface area contributed by atoms with Crippen LogP contribution in [0.4, 0.5) is 0 Å². The minimum Gasteiger partial charge on any atom is -0.494 e. The number of nitrogens with zero attached hydrogens (tertiary/aromatic N) is 2. The van der Waals surface area contributed by atoms with Gasteiger partial charge in [-0.3, -0.25) is 4.79 Å². The van der Waals surface area contributed by atoms with Crippen molar-refractivity contribution in [2.75, 3.05) is 0 Å². The molecule has 1 N–H and O–H groups in total. The summed E-state index contributed by atoms with van der Waals surface area (Å²) in [4.78, 5) is 16.7. The van der Waals surface area contributed by atoms with Gasteiger partial charge in [0.1, 0.15) is 0 Å². The number of aryl methyl sites for hydroxylation is 1. The maximum Gasteiger partial charge on any atom is 0.279 e. The maximum absolute atomic E-state index is 12.5. The lowest BCUT2D eigenvalue weighted by atomic mass is 10.0. The SMILES string of the molecule is CCCCn1c(O)c(C2=c3ccccc3=NC2=O)c2ccccc21. The van der Waals surface area contributed by atoms with Gasteiger partial charge in [-0.1, -0.05) is 49.7 Å². The Kier molecular flexibility index (Phi) is 3.45. The van der Waals surface area contributed by atoms with Crippen molar-refractivity contribution in [2.24, 2.45) is 4.99 Å². The van der Waals surface area contributed by atoms with Crippen molar-refractivity contribution in [2.45, 2.75) is 26.3 Å². The number of unbranched alkanes of at least 4 members (excludes halogenated alkanes) is 1. The molecule has 1 aliphatic heterocycles. The summed E-state index contributed by atoms with van der Waals surface area (Å²) in [5.41, 5.74) is 2.04. The monoisotopic (exact) mass is 318 g/mol. The Labute approximate surface area is 139 Å². The van der Waals surface area contributed by atoms with Crippen molar-refractivity contribution in [3.63, 3.8) is 0 Å². The number of carbonyl (C=O) groups is 1.